The average Bonchev–Trinajstić information content (AvgIpc) is 2.25. The highest BCUT2D eigenvalue weighted by atomic mass is 19.4. The Morgan fingerprint density at radius 1 is 1.33 bits per heavy atom. The second kappa shape index (κ2) is 4.29. The lowest BCUT2D eigenvalue weighted by Gasteiger charge is -2.11. The zero-order valence-corrected chi connectivity index (χ0v) is 9.03. The molecule has 18 heavy (non-hydrogen) atoms. The van der Waals surface area contributed by atoms with Crippen molar-refractivity contribution in [2.24, 2.45) is 0 Å². The van der Waals surface area contributed by atoms with Gasteiger partial charge in [-0.15, -0.1) is 0 Å². The second-order valence-corrected chi connectivity index (χ2v) is 3.78. The van der Waals surface area contributed by atoms with E-state index < -0.39 is 24.1 Å². The quantitative estimate of drug-likeness (QED) is 0.897. The molecule has 0 spiro atoms. The number of alkyl halides is 3. The van der Waals surface area contributed by atoms with E-state index in [9.17, 15) is 18.0 Å². The van der Waals surface area contributed by atoms with Gasteiger partial charge in [0.15, 0.2) is 0 Å². The maximum absolute atomic E-state index is 12.9. The summed E-state index contributed by atoms with van der Waals surface area (Å²) in [7, 11) is 0. The number of hydrogen-bond acceptors (Lipinski definition) is 2. The number of carbonyl (C=O) groups is 1. The number of carboxylic acid groups (broad SMARTS) is 1. The molecule has 0 aliphatic carbocycles. The first-order valence-corrected chi connectivity index (χ1v) is 5.04. The van der Waals surface area contributed by atoms with Crippen molar-refractivity contribution in [3.8, 4) is 0 Å². The smallest absolute Gasteiger partial charge is 0.417 e. The van der Waals surface area contributed by atoms with Crippen LogP contribution >= 0.6 is 0 Å². The first-order valence-electron chi connectivity index (χ1n) is 5.04. The van der Waals surface area contributed by atoms with Crippen LogP contribution in [0.4, 0.5) is 13.2 Å². The van der Waals surface area contributed by atoms with Crippen LogP contribution in [0.5, 0.6) is 0 Å². The highest BCUT2D eigenvalue weighted by Crippen LogP contribution is 2.35. The van der Waals surface area contributed by atoms with Crippen LogP contribution in [0.2, 0.25) is 0 Å². The molecule has 2 aromatic rings. The molecule has 1 aromatic heterocycles. The minimum Gasteiger partial charge on any atom is -0.481 e. The van der Waals surface area contributed by atoms with Gasteiger partial charge in [-0.25, -0.2) is 0 Å². The van der Waals surface area contributed by atoms with Gasteiger partial charge in [-0.1, -0.05) is 6.07 Å². The van der Waals surface area contributed by atoms with E-state index in [1.165, 1.54) is 24.4 Å². The van der Waals surface area contributed by atoms with Crippen LogP contribution in [-0.2, 0) is 17.4 Å². The average molecular weight is 255 g/mol. The van der Waals surface area contributed by atoms with E-state index in [-0.39, 0.29) is 16.5 Å². The third kappa shape index (κ3) is 2.42. The number of carboxylic acids is 1. The predicted octanol–water partition coefficient (Wildman–Crippen LogP) is 2.88. The van der Waals surface area contributed by atoms with Gasteiger partial charge < -0.3 is 5.11 Å². The van der Waals surface area contributed by atoms with Crippen molar-refractivity contribution < 1.29 is 23.1 Å². The monoisotopic (exact) mass is 255 g/mol. The maximum Gasteiger partial charge on any atom is 0.417 e. The SMILES string of the molecule is O=C(O)Cc1cc(C(F)(F)F)c2cccnc2c1. The van der Waals surface area contributed by atoms with Crippen molar-refractivity contribution in [1.82, 2.24) is 4.98 Å². The summed E-state index contributed by atoms with van der Waals surface area (Å²) in [5.74, 6) is -1.18. The Bertz CT molecular complexity index is 608. The van der Waals surface area contributed by atoms with Gasteiger partial charge in [-0.05, 0) is 23.8 Å². The minimum atomic E-state index is -4.53. The molecule has 6 heteroatoms. The van der Waals surface area contributed by atoms with Crippen molar-refractivity contribution in [1.29, 1.82) is 0 Å². The Balaban J connectivity index is 2.68. The van der Waals surface area contributed by atoms with Crippen LogP contribution in [0, 0.1) is 0 Å². The summed E-state index contributed by atoms with van der Waals surface area (Å²) >= 11 is 0. The molecule has 0 saturated heterocycles. The topological polar surface area (TPSA) is 50.2 Å². The highest BCUT2D eigenvalue weighted by molar-refractivity contribution is 5.84. The Hall–Kier alpha value is -2.11. The van der Waals surface area contributed by atoms with Crippen LogP contribution in [0.25, 0.3) is 10.9 Å². The second-order valence-electron chi connectivity index (χ2n) is 3.78. The van der Waals surface area contributed by atoms with Gasteiger partial charge in [0.2, 0.25) is 0 Å². The largest absolute Gasteiger partial charge is 0.481 e. The fourth-order valence-corrected chi connectivity index (χ4v) is 1.75. The zero-order valence-electron chi connectivity index (χ0n) is 9.03. The molecule has 0 aliphatic heterocycles. The Morgan fingerprint density at radius 3 is 2.67 bits per heavy atom. The minimum absolute atomic E-state index is 0.0286. The van der Waals surface area contributed by atoms with E-state index in [1.807, 2.05) is 0 Å². The van der Waals surface area contributed by atoms with E-state index in [1.54, 1.807) is 0 Å². The summed E-state index contributed by atoms with van der Waals surface area (Å²) < 4.78 is 38.6. The number of rotatable bonds is 2. The summed E-state index contributed by atoms with van der Waals surface area (Å²) in [6.07, 6.45) is -3.63. The standard InChI is InChI=1S/C12H8F3NO2/c13-12(14,15)9-4-7(6-11(17)18)5-10-8(9)2-1-3-16-10/h1-5H,6H2,(H,17,18). The first kappa shape index (κ1) is 12.3. The summed E-state index contributed by atoms with van der Waals surface area (Å²) in [5.41, 5.74) is -0.631. The van der Waals surface area contributed by atoms with E-state index in [4.69, 9.17) is 5.11 Å². The van der Waals surface area contributed by atoms with Gasteiger partial charge in [-0.2, -0.15) is 13.2 Å². The van der Waals surface area contributed by atoms with Crippen LogP contribution in [0.15, 0.2) is 30.5 Å². The predicted molar refractivity (Wildman–Crippen MR) is 58.1 cm³/mol. The number of fused-ring (bicyclic) bond motifs is 1. The van der Waals surface area contributed by atoms with Gasteiger partial charge in [-0.3, -0.25) is 9.78 Å². The number of halogens is 3. The van der Waals surface area contributed by atoms with Gasteiger partial charge >= 0.3 is 12.1 Å². The molecule has 1 N–H and O–H groups in total. The van der Waals surface area contributed by atoms with Crippen LogP contribution in [-0.4, -0.2) is 16.1 Å². The number of hydrogen-bond donors (Lipinski definition) is 1. The summed E-state index contributed by atoms with van der Waals surface area (Å²) in [6.45, 7) is 0. The fraction of sp³-hybridized carbons (Fsp3) is 0.167. The number of benzene rings is 1. The number of nitrogens with zero attached hydrogens (tertiary/aromatic N) is 1. The molecular formula is C12H8F3NO2. The molecule has 0 unspecified atom stereocenters. The van der Waals surface area contributed by atoms with Gasteiger partial charge in [0.25, 0.3) is 0 Å². The van der Waals surface area contributed by atoms with Crippen LogP contribution in [0.1, 0.15) is 11.1 Å². The molecule has 94 valence electrons. The number of aromatic nitrogens is 1. The Morgan fingerprint density at radius 2 is 2.06 bits per heavy atom. The lowest BCUT2D eigenvalue weighted by Crippen LogP contribution is -2.09. The van der Waals surface area contributed by atoms with Crippen molar-refractivity contribution in [3.05, 3.63) is 41.6 Å². The van der Waals surface area contributed by atoms with Gasteiger partial charge in [0, 0.05) is 11.6 Å². The molecule has 0 radical (unpaired) electrons. The molecule has 0 amide bonds. The lowest BCUT2D eigenvalue weighted by molar-refractivity contribution is -0.138. The van der Waals surface area contributed by atoms with E-state index >= 15 is 0 Å². The lowest BCUT2D eigenvalue weighted by atomic mass is 10.0. The van der Waals surface area contributed by atoms with Crippen molar-refractivity contribution in [2.75, 3.05) is 0 Å². The van der Waals surface area contributed by atoms with Crippen molar-refractivity contribution in [3.63, 3.8) is 0 Å². The Labute approximate surface area is 99.9 Å². The van der Waals surface area contributed by atoms with Gasteiger partial charge in [0.1, 0.15) is 0 Å². The fourth-order valence-electron chi connectivity index (χ4n) is 1.75. The summed E-state index contributed by atoms with van der Waals surface area (Å²) in [6, 6.07) is 4.95. The van der Waals surface area contributed by atoms with Crippen LogP contribution < -0.4 is 0 Å². The molecule has 0 bridgehead atoms. The van der Waals surface area contributed by atoms with E-state index in [0.717, 1.165) is 6.07 Å². The van der Waals surface area contributed by atoms with Crippen molar-refractivity contribution >= 4 is 16.9 Å². The molecular weight excluding hydrogens is 247 g/mol. The maximum atomic E-state index is 12.9. The van der Waals surface area contributed by atoms with E-state index in [2.05, 4.69) is 4.98 Å². The van der Waals surface area contributed by atoms with Crippen molar-refractivity contribution in [2.45, 2.75) is 12.6 Å². The third-order valence-electron chi connectivity index (χ3n) is 2.44. The Kier molecular flexibility index (Phi) is 2.94. The molecule has 1 heterocycles. The summed E-state index contributed by atoms with van der Waals surface area (Å²) in [5, 5.41) is 8.60. The molecule has 3 nitrogen and oxygen atoms in total. The molecule has 0 fully saturated rings. The highest BCUT2D eigenvalue weighted by Gasteiger charge is 2.33. The normalized spacial score (nSPS) is 11.7. The summed E-state index contributed by atoms with van der Waals surface area (Å²) in [4.78, 5) is 14.4. The first-order chi connectivity index (χ1) is 8.38. The number of pyridine rings is 1. The van der Waals surface area contributed by atoms with Crippen LogP contribution in [0.3, 0.4) is 0 Å². The van der Waals surface area contributed by atoms with Gasteiger partial charge in [0.05, 0.1) is 17.5 Å². The molecule has 0 saturated carbocycles. The molecule has 2 rings (SSSR count). The number of aliphatic carboxylic acids is 1. The zero-order chi connectivity index (χ0) is 13.3. The molecule has 0 atom stereocenters. The molecule has 0 aliphatic rings. The van der Waals surface area contributed by atoms with E-state index in [0.29, 0.717) is 0 Å². The molecule has 1 aromatic carbocycles. The third-order valence-corrected chi connectivity index (χ3v) is 2.44.